The Balaban J connectivity index is 2.29. The van der Waals surface area contributed by atoms with Gasteiger partial charge in [-0.1, -0.05) is 12.1 Å². The normalized spacial score (nSPS) is 10.2. The van der Waals surface area contributed by atoms with E-state index in [4.69, 9.17) is 14.6 Å². The highest BCUT2D eigenvalue weighted by atomic mass is 79.9. The molecule has 0 spiro atoms. The molecule has 0 heterocycles. The van der Waals surface area contributed by atoms with Crippen LogP contribution in [0.25, 0.3) is 0 Å². The molecule has 0 aliphatic carbocycles. The second-order valence-electron chi connectivity index (χ2n) is 4.51. The Morgan fingerprint density at radius 3 is 2.36 bits per heavy atom. The van der Waals surface area contributed by atoms with E-state index < -0.39 is 0 Å². The first kappa shape index (κ1) is 16.3. The van der Waals surface area contributed by atoms with Gasteiger partial charge in [0.05, 0.1) is 20.8 Å². The number of anilines is 1. The Kier molecular flexibility index (Phi) is 5.41. The van der Waals surface area contributed by atoms with Crippen LogP contribution in [0.2, 0.25) is 0 Å². The van der Waals surface area contributed by atoms with Crippen molar-refractivity contribution in [1.29, 1.82) is 0 Å². The number of carbonyl (C=O) groups excluding carboxylic acids is 1. The zero-order chi connectivity index (χ0) is 16.1. The number of amides is 1. The van der Waals surface area contributed by atoms with Gasteiger partial charge >= 0.3 is 0 Å². The first-order valence-electron chi connectivity index (χ1n) is 6.51. The first-order valence-corrected chi connectivity index (χ1v) is 7.31. The van der Waals surface area contributed by atoms with Crippen molar-refractivity contribution in [2.75, 3.05) is 19.5 Å². The van der Waals surface area contributed by atoms with Crippen molar-refractivity contribution < 1.29 is 19.4 Å². The van der Waals surface area contributed by atoms with Crippen LogP contribution in [0, 0.1) is 0 Å². The Labute approximate surface area is 137 Å². The number of aliphatic hydroxyl groups is 1. The molecule has 0 bridgehead atoms. The van der Waals surface area contributed by atoms with Crippen molar-refractivity contribution in [2.24, 2.45) is 0 Å². The van der Waals surface area contributed by atoms with Crippen LogP contribution in [0.1, 0.15) is 15.9 Å². The van der Waals surface area contributed by atoms with Gasteiger partial charge in [0.25, 0.3) is 5.91 Å². The van der Waals surface area contributed by atoms with Gasteiger partial charge in [-0.15, -0.1) is 0 Å². The second kappa shape index (κ2) is 7.29. The smallest absolute Gasteiger partial charge is 0.255 e. The fraction of sp³-hybridized carbons (Fsp3) is 0.188. The lowest BCUT2D eigenvalue weighted by Crippen LogP contribution is -2.12. The van der Waals surface area contributed by atoms with E-state index in [2.05, 4.69) is 21.2 Å². The third-order valence-electron chi connectivity index (χ3n) is 3.08. The number of halogens is 1. The summed E-state index contributed by atoms with van der Waals surface area (Å²) in [6.07, 6.45) is 0. The lowest BCUT2D eigenvalue weighted by molar-refractivity contribution is 0.102. The number of hydrogen-bond acceptors (Lipinski definition) is 4. The Hall–Kier alpha value is -2.05. The maximum Gasteiger partial charge on any atom is 0.255 e. The van der Waals surface area contributed by atoms with E-state index in [-0.39, 0.29) is 12.5 Å². The van der Waals surface area contributed by atoms with Gasteiger partial charge in [-0.05, 0) is 45.8 Å². The molecule has 0 radical (unpaired) electrons. The van der Waals surface area contributed by atoms with Gasteiger partial charge in [0.15, 0.2) is 0 Å². The van der Waals surface area contributed by atoms with Crippen LogP contribution in [-0.2, 0) is 6.61 Å². The van der Waals surface area contributed by atoms with Crippen LogP contribution >= 0.6 is 15.9 Å². The Morgan fingerprint density at radius 1 is 1.18 bits per heavy atom. The van der Waals surface area contributed by atoms with Crippen LogP contribution in [-0.4, -0.2) is 25.2 Å². The molecule has 5 nitrogen and oxygen atoms in total. The topological polar surface area (TPSA) is 67.8 Å². The standard InChI is InChI=1S/C16H16BrNO4/c1-21-13-7-11(8-14(22-2)15(13)17)16(20)18-12-5-3-4-10(6-12)9-19/h3-8,19H,9H2,1-2H3,(H,18,20). The summed E-state index contributed by atoms with van der Waals surface area (Å²) in [7, 11) is 3.04. The summed E-state index contributed by atoms with van der Waals surface area (Å²) in [6.45, 7) is -0.0797. The van der Waals surface area contributed by atoms with E-state index in [0.29, 0.717) is 27.2 Å². The van der Waals surface area contributed by atoms with E-state index in [0.717, 1.165) is 5.56 Å². The van der Waals surface area contributed by atoms with Crippen molar-refractivity contribution in [2.45, 2.75) is 6.61 Å². The highest BCUT2D eigenvalue weighted by Gasteiger charge is 2.14. The van der Waals surface area contributed by atoms with Crippen molar-refractivity contribution in [3.63, 3.8) is 0 Å². The highest BCUT2D eigenvalue weighted by Crippen LogP contribution is 2.35. The molecule has 0 aliphatic rings. The summed E-state index contributed by atoms with van der Waals surface area (Å²) in [4.78, 5) is 12.4. The average molecular weight is 366 g/mol. The average Bonchev–Trinajstić information content (AvgIpc) is 2.55. The summed E-state index contributed by atoms with van der Waals surface area (Å²) >= 11 is 3.36. The van der Waals surface area contributed by atoms with E-state index in [1.165, 1.54) is 14.2 Å². The van der Waals surface area contributed by atoms with Crippen molar-refractivity contribution in [3.8, 4) is 11.5 Å². The van der Waals surface area contributed by atoms with Gasteiger partial charge in [0.2, 0.25) is 0 Å². The molecule has 0 aromatic heterocycles. The minimum Gasteiger partial charge on any atom is -0.495 e. The maximum atomic E-state index is 12.4. The van der Waals surface area contributed by atoms with E-state index in [1.54, 1.807) is 36.4 Å². The lowest BCUT2D eigenvalue weighted by atomic mass is 10.1. The Morgan fingerprint density at radius 2 is 1.82 bits per heavy atom. The largest absolute Gasteiger partial charge is 0.495 e. The fourth-order valence-corrected chi connectivity index (χ4v) is 2.50. The van der Waals surface area contributed by atoms with Gasteiger partial charge in [-0.25, -0.2) is 0 Å². The molecule has 6 heteroatoms. The quantitative estimate of drug-likeness (QED) is 0.853. The molecule has 2 aromatic carbocycles. The van der Waals surface area contributed by atoms with E-state index >= 15 is 0 Å². The summed E-state index contributed by atoms with van der Waals surface area (Å²) in [5.41, 5.74) is 1.74. The number of nitrogens with one attached hydrogen (secondary N) is 1. The summed E-state index contributed by atoms with van der Waals surface area (Å²) in [5.74, 6) is 0.724. The predicted octanol–water partition coefficient (Wildman–Crippen LogP) is 3.21. The van der Waals surface area contributed by atoms with E-state index in [1.807, 2.05) is 0 Å². The number of rotatable bonds is 5. The molecular weight excluding hydrogens is 350 g/mol. The molecule has 2 aromatic rings. The summed E-state index contributed by atoms with van der Waals surface area (Å²) in [5, 5.41) is 11.9. The monoisotopic (exact) mass is 365 g/mol. The zero-order valence-corrected chi connectivity index (χ0v) is 13.8. The molecule has 0 unspecified atom stereocenters. The maximum absolute atomic E-state index is 12.4. The number of carbonyl (C=O) groups is 1. The van der Waals surface area contributed by atoms with Gasteiger partial charge in [-0.2, -0.15) is 0 Å². The highest BCUT2D eigenvalue weighted by molar-refractivity contribution is 9.10. The zero-order valence-electron chi connectivity index (χ0n) is 12.2. The first-order chi connectivity index (χ1) is 10.6. The van der Waals surface area contributed by atoms with Crippen LogP contribution in [0.15, 0.2) is 40.9 Å². The van der Waals surface area contributed by atoms with Crippen molar-refractivity contribution in [1.82, 2.24) is 0 Å². The Bertz CT molecular complexity index is 663. The SMILES string of the molecule is COc1cc(C(=O)Nc2cccc(CO)c2)cc(OC)c1Br. The number of aliphatic hydroxyl groups excluding tert-OH is 1. The summed E-state index contributed by atoms with van der Waals surface area (Å²) in [6, 6.07) is 10.3. The molecule has 0 saturated carbocycles. The molecule has 116 valence electrons. The lowest BCUT2D eigenvalue weighted by Gasteiger charge is -2.12. The van der Waals surface area contributed by atoms with Gasteiger partial charge in [0, 0.05) is 11.3 Å². The molecular formula is C16H16BrNO4. The second-order valence-corrected chi connectivity index (χ2v) is 5.30. The van der Waals surface area contributed by atoms with Gasteiger partial charge in [0.1, 0.15) is 16.0 Å². The summed E-state index contributed by atoms with van der Waals surface area (Å²) < 4.78 is 11.1. The van der Waals surface area contributed by atoms with Crippen LogP contribution in [0.4, 0.5) is 5.69 Å². The molecule has 0 aliphatic heterocycles. The molecule has 1 amide bonds. The number of methoxy groups -OCH3 is 2. The fourth-order valence-electron chi connectivity index (χ4n) is 1.95. The van der Waals surface area contributed by atoms with Gasteiger partial charge in [-0.3, -0.25) is 4.79 Å². The molecule has 2 rings (SSSR count). The predicted molar refractivity (Wildman–Crippen MR) is 87.6 cm³/mol. The third-order valence-corrected chi connectivity index (χ3v) is 3.86. The van der Waals surface area contributed by atoms with Crippen molar-refractivity contribution in [3.05, 3.63) is 52.0 Å². The molecule has 2 N–H and O–H groups in total. The van der Waals surface area contributed by atoms with E-state index in [9.17, 15) is 4.79 Å². The number of hydrogen-bond donors (Lipinski definition) is 2. The van der Waals surface area contributed by atoms with Crippen LogP contribution < -0.4 is 14.8 Å². The third kappa shape index (κ3) is 3.58. The molecule has 0 saturated heterocycles. The van der Waals surface area contributed by atoms with Crippen LogP contribution in [0.3, 0.4) is 0 Å². The minimum absolute atomic E-state index is 0.0797. The number of benzene rings is 2. The van der Waals surface area contributed by atoms with Crippen molar-refractivity contribution >= 4 is 27.5 Å². The van der Waals surface area contributed by atoms with Gasteiger partial charge < -0.3 is 19.9 Å². The van der Waals surface area contributed by atoms with Crippen LogP contribution in [0.5, 0.6) is 11.5 Å². The molecule has 0 fully saturated rings. The molecule has 0 atom stereocenters. The molecule has 22 heavy (non-hydrogen) atoms. The minimum atomic E-state index is -0.292. The number of ether oxygens (including phenoxy) is 2.